The molecule has 2 atom stereocenters. The molecule has 0 saturated carbocycles. The first-order valence-corrected chi connectivity index (χ1v) is 9.67. The van der Waals surface area contributed by atoms with Crippen molar-refractivity contribution in [2.45, 2.75) is 44.4 Å². The van der Waals surface area contributed by atoms with Crippen LogP contribution in [0.1, 0.15) is 37.8 Å². The average molecular weight is 411 g/mol. The van der Waals surface area contributed by atoms with E-state index < -0.39 is 24.0 Å². The van der Waals surface area contributed by atoms with E-state index in [0.717, 1.165) is 5.56 Å². The van der Waals surface area contributed by atoms with Gasteiger partial charge in [0.15, 0.2) is 0 Å². The smallest absolute Gasteiger partial charge is 0.345 e. The number of amides is 3. The van der Waals surface area contributed by atoms with Crippen molar-refractivity contribution in [3.8, 4) is 0 Å². The van der Waals surface area contributed by atoms with Gasteiger partial charge in [-0.05, 0) is 25.3 Å². The van der Waals surface area contributed by atoms with E-state index in [1.807, 2.05) is 42.6 Å². The molecule has 0 aromatic heterocycles. The predicted octanol–water partition coefficient (Wildman–Crippen LogP) is 2.27. The van der Waals surface area contributed by atoms with Crippen LogP contribution in [-0.4, -0.2) is 59.4 Å². The summed E-state index contributed by atoms with van der Waals surface area (Å²) in [6.45, 7) is 2.79. The topological polar surface area (TPSA) is 69.7 Å². The monoisotopic (exact) mass is 411 g/mol. The van der Waals surface area contributed by atoms with Gasteiger partial charge in [0.2, 0.25) is 11.8 Å². The van der Waals surface area contributed by atoms with Crippen molar-refractivity contribution in [3.63, 3.8) is 0 Å². The third kappa shape index (κ3) is 4.89. The van der Waals surface area contributed by atoms with E-state index in [2.05, 4.69) is 0 Å². The molecule has 158 valence electrons. The van der Waals surface area contributed by atoms with Crippen LogP contribution in [0.3, 0.4) is 0 Å². The molecular formula is C20H24F3N3O3. The first-order valence-electron chi connectivity index (χ1n) is 9.67. The second-order valence-corrected chi connectivity index (χ2v) is 7.60. The summed E-state index contributed by atoms with van der Waals surface area (Å²) in [6, 6.07) is 8.83. The quantitative estimate of drug-likeness (QED) is 0.827. The minimum atomic E-state index is -4.91. The number of halogens is 3. The fourth-order valence-corrected chi connectivity index (χ4v) is 3.95. The molecule has 2 unspecified atom stereocenters. The highest BCUT2D eigenvalue weighted by Gasteiger charge is 2.42. The molecule has 1 N–H and O–H groups in total. The van der Waals surface area contributed by atoms with Crippen molar-refractivity contribution in [1.29, 1.82) is 0 Å². The zero-order valence-electron chi connectivity index (χ0n) is 16.1. The molecule has 6 nitrogen and oxygen atoms in total. The van der Waals surface area contributed by atoms with Crippen LogP contribution < -0.4 is 5.32 Å². The van der Waals surface area contributed by atoms with Gasteiger partial charge in [0.25, 0.3) is 0 Å². The number of nitrogens with zero attached hydrogens (tertiary/aromatic N) is 2. The van der Waals surface area contributed by atoms with Crippen molar-refractivity contribution < 1.29 is 27.6 Å². The molecule has 2 fully saturated rings. The first kappa shape index (κ1) is 21.1. The Morgan fingerprint density at radius 3 is 2.34 bits per heavy atom. The molecular weight excluding hydrogens is 387 g/mol. The molecule has 0 bridgehead atoms. The van der Waals surface area contributed by atoms with E-state index in [1.54, 1.807) is 9.80 Å². The number of nitrogens with one attached hydrogen (secondary N) is 1. The zero-order valence-corrected chi connectivity index (χ0v) is 16.1. The molecule has 2 heterocycles. The van der Waals surface area contributed by atoms with Gasteiger partial charge < -0.3 is 15.1 Å². The maximum atomic E-state index is 12.8. The Kier molecular flexibility index (Phi) is 6.14. The van der Waals surface area contributed by atoms with E-state index in [-0.39, 0.29) is 50.2 Å². The molecule has 3 rings (SSSR count). The molecule has 29 heavy (non-hydrogen) atoms. The number of piperidine rings is 1. The highest BCUT2D eigenvalue weighted by Crippen LogP contribution is 2.30. The average Bonchev–Trinajstić information content (AvgIpc) is 3.09. The summed E-state index contributed by atoms with van der Waals surface area (Å²) >= 11 is 0. The van der Waals surface area contributed by atoms with Crippen molar-refractivity contribution in [1.82, 2.24) is 15.1 Å². The van der Waals surface area contributed by atoms with E-state index in [4.69, 9.17) is 0 Å². The molecule has 9 heteroatoms. The number of rotatable bonds is 4. The van der Waals surface area contributed by atoms with Crippen LogP contribution in [0.4, 0.5) is 13.2 Å². The lowest BCUT2D eigenvalue weighted by Crippen LogP contribution is -2.50. The molecule has 0 radical (unpaired) electrons. The van der Waals surface area contributed by atoms with Gasteiger partial charge in [-0.1, -0.05) is 30.3 Å². The van der Waals surface area contributed by atoms with Crippen LogP contribution in [0, 0.1) is 5.92 Å². The number of alkyl halides is 3. The van der Waals surface area contributed by atoms with Crippen LogP contribution in [0.5, 0.6) is 0 Å². The molecule has 1 aromatic rings. The second-order valence-electron chi connectivity index (χ2n) is 7.60. The Morgan fingerprint density at radius 2 is 1.76 bits per heavy atom. The lowest BCUT2D eigenvalue weighted by molar-refractivity contribution is -0.174. The van der Waals surface area contributed by atoms with E-state index >= 15 is 0 Å². The SMILES string of the molecule is CC(c1ccccc1)N1CC(C(=O)N2CCC(NC(=O)C(F)(F)F)CC2)CC1=O. The second kappa shape index (κ2) is 8.42. The van der Waals surface area contributed by atoms with Gasteiger partial charge in [0.05, 0.1) is 12.0 Å². The summed E-state index contributed by atoms with van der Waals surface area (Å²) in [5, 5.41) is 1.97. The van der Waals surface area contributed by atoms with Crippen molar-refractivity contribution >= 4 is 17.7 Å². The highest BCUT2D eigenvalue weighted by molar-refractivity contribution is 5.89. The minimum Gasteiger partial charge on any atom is -0.345 e. The van der Waals surface area contributed by atoms with Gasteiger partial charge in [-0.2, -0.15) is 13.2 Å². The fraction of sp³-hybridized carbons (Fsp3) is 0.550. The van der Waals surface area contributed by atoms with Gasteiger partial charge in [0.1, 0.15) is 0 Å². The summed E-state index contributed by atoms with van der Waals surface area (Å²) in [6.07, 6.45) is -4.24. The van der Waals surface area contributed by atoms with E-state index in [1.165, 1.54) is 0 Å². The molecule has 0 spiro atoms. The first-order chi connectivity index (χ1) is 13.7. The van der Waals surface area contributed by atoms with Gasteiger partial charge >= 0.3 is 12.1 Å². The van der Waals surface area contributed by atoms with E-state index in [0.29, 0.717) is 6.54 Å². The maximum absolute atomic E-state index is 12.8. The Hall–Kier alpha value is -2.58. The number of hydrogen-bond donors (Lipinski definition) is 1. The Morgan fingerprint density at radius 1 is 1.14 bits per heavy atom. The molecule has 2 saturated heterocycles. The van der Waals surface area contributed by atoms with Crippen molar-refractivity contribution in [2.75, 3.05) is 19.6 Å². The number of carbonyl (C=O) groups excluding carboxylic acids is 3. The van der Waals surface area contributed by atoms with Gasteiger partial charge in [0, 0.05) is 32.1 Å². The van der Waals surface area contributed by atoms with Crippen LogP contribution >= 0.6 is 0 Å². The van der Waals surface area contributed by atoms with Crippen molar-refractivity contribution in [3.05, 3.63) is 35.9 Å². The standard InChI is InChI=1S/C20H24F3N3O3/c1-13(14-5-3-2-4-6-14)26-12-15(11-17(26)27)18(28)25-9-7-16(8-10-25)24-19(29)20(21,22)23/h2-6,13,15-16H,7-12H2,1H3,(H,24,29). The molecule has 1 aromatic carbocycles. The molecule has 2 aliphatic rings. The van der Waals surface area contributed by atoms with Crippen LogP contribution in [0.25, 0.3) is 0 Å². The van der Waals surface area contributed by atoms with Crippen LogP contribution in [-0.2, 0) is 14.4 Å². The summed E-state index contributed by atoms with van der Waals surface area (Å²) < 4.78 is 37.1. The minimum absolute atomic E-state index is 0.0768. The van der Waals surface area contributed by atoms with Crippen molar-refractivity contribution in [2.24, 2.45) is 5.92 Å². The zero-order chi connectivity index (χ0) is 21.2. The number of carbonyl (C=O) groups is 3. The molecule has 2 aliphatic heterocycles. The summed E-state index contributed by atoms with van der Waals surface area (Å²) in [4.78, 5) is 39.6. The Bertz CT molecular complexity index is 761. The lowest BCUT2D eigenvalue weighted by atomic mass is 10.0. The summed E-state index contributed by atoms with van der Waals surface area (Å²) in [5.74, 6) is -2.63. The summed E-state index contributed by atoms with van der Waals surface area (Å²) in [7, 11) is 0. The number of hydrogen-bond acceptors (Lipinski definition) is 3. The normalized spacial score (nSPS) is 21.9. The van der Waals surface area contributed by atoms with Gasteiger partial charge in [-0.3, -0.25) is 14.4 Å². The lowest BCUT2D eigenvalue weighted by Gasteiger charge is -2.34. The third-order valence-corrected chi connectivity index (χ3v) is 5.66. The van der Waals surface area contributed by atoms with E-state index in [9.17, 15) is 27.6 Å². The van der Waals surface area contributed by atoms with Gasteiger partial charge in [-0.15, -0.1) is 0 Å². The third-order valence-electron chi connectivity index (χ3n) is 5.66. The Balaban J connectivity index is 1.53. The van der Waals surface area contributed by atoms with Crippen LogP contribution in [0.15, 0.2) is 30.3 Å². The number of likely N-dealkylation sites (tertiary alicyclic amines) is 2. The largest absolute Gasteiger partial charge is 0.471 e. The summed E-state index contributed by atoms with van der Waals surface area (Å²) in [5.41, 5.74) is 0.996. The van der Waals surface area contributed by atoms with Gasteiger partial charge in [-0.25, -0.2) is 0 Å². The highest BCUT2D eigenvalue weighted by atomic mass is 19.4. The van der Waals surface area contributed by atoms with Crippen LogP contribution in [0.2, 0.25) is 0 Å². The molecule has 3 amide bonds. The maximum Gasteiger partial charge on any atom is 0.471 e. The number of benzene rings is 1. The predicted molar refractivity (Wildman–Crippen MR) is 98.5 cm³/mol. The molecule has 0 aliphatic carbocycles. The fourth-order valence-electron chi connectivity index (χ4n) is 3.95. The Labute approximate surface area is 167 Å².